The van der Waals surface area contributed by atoms with E-state index in [0.29, 0.717) is 33.2 Å². The third kappa shape index (κ3) is 6.72. The van der Waals surface area contributed by atoms with Gasteiger partial charge in [-0.05, 0) is 81.6 Å². The summed E-state index contributed by atoms with van der Waals surface area (Å²) in [6.07, 6.45) is 1.78. The average molecular weight is 634 g/mol. The average Bonchev–Trinajstić information content (AvgIpc) is 3.24. The zero-order valence-corrected chi connectivity index (χ0v) is 24.7. The molecule has 0 radical (unpaired) electrons. The van der Waals surface area contributed by atoms with E-state index in [1.165, 1.54) is 23.9 Å². The monoisotopic (exact) mass is 632 g/mol. The zero-order valence-electron chi connectivity index (χ0n) is 21.5. The van der Waals surface area contributed by atoms with Crippen LogP contribution >= 0.6 is 27.7 Å². The fourth-order valence-corrected chi connectivity index (χ4v) is 6.48. The summed E-state index contributed by atoms with van der Waals surface area (Å²) in [6.45, 7) is 2.75. The molecule has 1 fully saturated rings. The van der Waals surface area contributed by atoms with Crippen LogP contribution in [0.3, 0.4) is 0 Å². The minimum absolute atomic E-state index is 0.0740. The van der Waals surface area contributed by atoms with Crippen molar-refractivity contribution in [3.63, 3.8) is 0 Å². The van der Waals surface area contributed by atoms with E-state index in [9.17, 15) is 13.2 Å². The number of carbonyl (C=O) groups excluding carboxylic acids is 1. The molecule has 0 spiro atoms. The van der Waals surface area contributed by atoms with Crippen LogP contribution in [0, 0.1) is 6.92 Å². The largest absolute Gasteiger partial charge is 0.378 e. The molecule has 9 heteroatoms. The van der Waals surface area contributed by atoms with Gasteiger partial charge in [-0.3, -0.25) is 14.7 Å². The fourth-order valence-electron chi connectivity index (χ4n) is 3.97. The van der Waals surface area contributed by atoms with Gasteiger partial charge in [0.2, 0.25) is 0 Å². The number of amidine groups is 1. The Kier molecular flexibility index (Phi) is 8.54. The first-order chi connectivity index (χ1) is 19.3. The molecular weight excluding hydrogens is 608 g/mol. The molecule has 0 unspecified atom stereocenters. The maximum absolute atomic E-state index is 13.5. The number of halogens is 1. The Morgan fingerprint density at radius 3 is 2.20 bits per heavy atom. The maximum Gasteiger partial charge on any atom is 0.339 e. The van der Waals surface area contributed by atoms with Gasteiger partial charge in [-0.2, -0.15) is 8.42 Å². The van der Waals surface area contributed by atoms with Crippen molar-refractivity contribution in [2.45, 2.75) is 24.9 Å². The van der Waals surface area contributed by atoms with Crippen molar-refractivity contribution in [2.75, 3.05) is 0 Å². The number of rotatable bonds is 8. The Morgan fingerprint density at radius 1 is 0.900 bits per heavy atom. The van der Waals surface area contributed by atoms with Crippen LogP contribution in [0.1, 0.15) is 22.3 Å². The molecule has 4 aromatic rings. The Hall–Kier alpha value is -3.66. The zero-order chi connectivity index (χ0) is 28.1. The van der Waals surface area contributed by atoms with E-state index in [2.05, 4.69) is 15.9 Å². The lowest BCUT2D eigenvalue weighted by Crippen LogP contribution is -2.28. The summed E-state index contributed by atoms with van der Waals surface area (Å²) in [5, 5.41) is 0.632. The first-order valence-electron chi connectivity index (χ1n) is 12.4. The topological polar surface area (TPSA) is 76.0 Å². The van der Waals surface area contributed by atoms with E-state index in [1.807, 2.05) is 67.6 Å². The van der Waals surface area contributed by atoms with Gasteiger partial charge in [-0.1, -0.05) is 84.4 Å². The summed E-state index contributed by atoms with van der Waals surface area (Å²) in [5.41, 5.74) is 3.73. The van der Waals surface area contributed by atoms with Crippen LogP contribution in [0.2, 0.25) is 0 Å². The molecule has 40 heavy (non-hydrogen) atoms. The van der Waals surface area contributed by atoms with Crippen LogP contribution in [-0.4, -0.2) is 24.4 Å². The van der Waals surface area contributed by atoms with Crippen LogP contribution < -0.4 is 4.18 Å². The van der Waals surface area contributed by atoms with Crippen molar-refractivity contribution in [2.24, 2.45) is 4.99 Å². The molecule has 1 saturated heterocycles. The van der Waals surface area contributed by atoms with Gasteiger partial charge in [-0.25, -0.2) is 0 Å². The second-order valence-electron chi connectivity index (χ2n) is 9.11. The number of aliphatic imine (C=N–C) groups is 1. The lowest BCUT2D eigenvalue weighted by Gasteiger charge is -2.15. The number of hydrogen-bond acceptors (Lipinski definition) is 6. The molecule has 1 heterocycles. The smallest absolute Gasteiger partial charge is 0.339 e. The van der Waals surface area contributed by atoms with E-state index < -0.39 is 10.1 Å². The number of aryl methyl sites for hydroxylation is 1. The summed E-state index contributed by atoms with van der Waals surface area (Å²) >= 11 is 4.75. The molecule has 0 bridgehead atoms. The lowest BCUT2D eigenvalue weighted by atomic mass is 10.2. The SMILES string of the molecule is Cc1ccc(S(=O)(=O)Oc2ccc(/C=C3/SC(=NCc4ccccc4)N(Cc4ccccc4)C3=O)cc2Br)cc1. The third-order valence-corrected chi connectivity index (χ3v) is 8.99. The molecule has 1 amide bonds. The van der Waals surface area contributed by atoms with Crippen molar-refractivity contribution < 1.29 is 17.4 Å². The second kappa shape index (κ2) is 12.2. The van der Waals surface area contributed by atoms with Gasteiger partial charge in [-0.15, -0.1) is 0 Å². The van der Waals surface area contributed by atoms with Crippen LogP contribution in [0.15, 0.2) is 122 Å². The van der Waals surface area contributed by atoms with E-state index in [4.69, 9.17) is 9.18 Å². The Labute approximate surface area is 246 Å². The van der Waals surface area contributed by atoms with E-state index in [-0.39, 0.29) is 16.6 Å². The molecule has 4 aromatic carbocycles. The van der Waals surface area contributed by atoms with Gasteiger partial charge < -0.3 is 4.18 Å². The molecule has 1 aliphatic rings. The quantitative estimate of drug-likeness (QED) is 0.152. The molecule has 0 aromatic heterocycles. The summed E-state index contributed by atoms with van der Waals surface area (Å²) in [5.74, 6) is 0.0167. The van der Waals surface area contributed by atoms with Gasteiger partial charge in [0.25, 0.3) is 5.91 Å². The Morgan fingerprint density at radius 2 is 1.55 bits per heavy atom. The van der Waals surface area contributed by atoms with Crippen molar-refractivity contribution in [1.82, 2.24) is 4.90 Å². The second-order valence-corrected chi connectivity index (χ2v) is 12.5. The number of benzene rings is 4. The van der Waals surface area contributed by atoms with Gasteiger partial charge in [0, 0.05) is 0 Å². The van der Waals surface area contributed by atoms with Crippen molar-refractivity contribution >= 4 is 55.0 Å². The molecule has 6 nitrogen and oxygen atoms in total. The minimum atomic E-state index is -4.00. The highest BCUT2D eigenvalue weighted by molar-refractivity contribution is 9.10. The van der Waals surface area contributed by atoms with Gasteiger partial charge >= 0.3 is 10.1 Å². The summed E-state index contributed by atoms with van der Waals surface area (Å²) in [4.78, 5) is 20.6. The molecule has 5 rings (SSSR count). The Bertz CT molecular complexity index is 1690. The lowest BCUT2D eigenvalue weighted by molar-refractivity contribution is -0.122. The fraction of sp³-hybridized carbons (Fsp3) is 0.0968. The predicted octanol–water partition coefficient (Wildman–Crippen LogP) is 7.20. The number of nitrogens with zero attached hydrogens (tertiary/aromatic N) is 2. The van der Waals surface area contributed by atoms with Gasteiger partial charge in [0.1, 0.15) is 4.90 Å². The summed E-state index contributed by atoms with van der Waals surface area (Å²) in [6, 6.07) is 31.2. The Balaban J connectivity index is 1.39. The van der Waals surface area contributed by atoms with Crippen LogP contribution in [0.5, 0.6) is 5.75 Å². The number of hydrogen-bond donors (Lipinski definition) is 0. The van der Waals surface area contributed by atoms with Crippen LogP contribution in [-0.2, 0) is 28.0 Å². The predicted molar refractivity (Wildman–Crippen MR) is 163 cm³/mol. The number of carbonyl (C=O) groups is 1. The summed E-state index contributed by atoms with van der Waals surface area (Å²) < 4.78 is 31.3. The molecule has 0 atom stereocenters. The van der Waals surface area contributed by atoms with Crippen molar-refractivity contribution in [3.05, 3.63) is 135 Å². The van der Waals surface area contributed by atoms with Gasteiger partial charge in [0.15, 0.2) is 10.9 Å². The molecular formula is C31H25BrN2O4S2. The normalized spacial score (nSPS) is 15.7. The van der Waals surface area contributed by atoms with E-state index in [0.717, 1.165) is 16.7 Å². The van der Waals surface area contributed by atoms with Gasteiger partial charge in [0.05, 0.1) is 22.5 Å². The molecule has 0 aliphatic carbocycles. The molecule has 0 N–H and O–H groups in total. The third-order valence-electron chi connectivity index (χ3n) is 6.07. The highest BCUT2D eigenvalue weighted by atomic mass is 79.9. The number of amides is 1. The van der Waals surface area contributed by atoms with Crippen LogP contribution in [0.25, 0.3) is 6.08 Å². The highest BCUT2D eigenvalue weighted by Gasteiger charge is 2.33. The first kappa shape index (κ1) is 27.9. The van der Waals surface area contributed by atoms with Crippen molar-refractivity contribution in [3.8, 4) is 5.75 Å². The van der Waals surface area contributed by atoms with Crippen LogP contribution in [0.4, 0.5) is 0 Å². The molecule has 0 saturated carbocycles. The van der Waals surface area contributed by atoms with E-state index >= 15 is 0 Å². The van der Waals surface area contributed by atoms with E-state index in [1.54, 1.807) is 41.3 Å². The minimum Gasteiger partial charge on any atom is -0.378 e. The standard InChI is InChI=1S/C31H25BrN2O4S2/c1-22-12-15-26(16-13-22)40(36,37)38-28-17-14-25(18-27(28)32)19-29-30(35)34(21-24-10-6-3-7-11-24)31(39-29)33-20-23-8-4-2-5-9-23/h2-19H,20-21H2,1H3/b29-19+,33-31?. The van der Waals surface area contributed by atoms with Crippen molar-refractivity contribution in [1.29, 1.82) is 0 Å². The molecule has 202 valence electrons. The molecule has 1 aliphatic heterocycles. The highest BCUT2D eigenvalue weighted by Crippen LogP contribution is 2.36. The maximum atomic E-state index is 13.5. The number of thioether (sulfide) groups is 1. The summed E-state index contributed by atoms with van der Waals surface area (Å²) in [7, 11) is -4.00. The first-order valence-corrected chi connectivity index (χ1v) is 15.4.